The highest BCUT2D eigenvalue weighted by Gasteiger charge is 2.26. The molecule has 0 saturated carbocycles. The molecule has 4 aromatic rings. The number of rotatable bonds is 8. The molecule has 0 saturated heterocycles. The minimum atomic E-state index is -3.95. The number of nitrogens with one attached hydrogen (secondary N) is 2. The smallest absolute Gasteiger partial charge is 0.322 e. The van der Waals surface area contributed by atoms with Gasteiger partial charge in [-0.15, -0.1) is 5.10 Å². The van der Waals surface area contributed by atoms with Gasteiger partial charge in [0.25, 0.3) is 0 Å². The molecule has 0 amide bonds. The molecule has 2 heterocycles. The molecular weight excluding hydrogens is 454 g/mol. The van der Waals surface area contributed by atoms with Crippen molar-refractivity contribution in [2.45, 2.75) is 31.3 Å². The van der Waals surface area contributed by atoms with Crippen LogP contribution >= 0.6 is 11.6 Å². The maximum Gasteiger partial charge on any atom is 0.322 e. The molecule has 0 fully saturated rings. The van der Waals surface area contributed by atoms with Gasteiger partial charge in [-0.2, -0.15) is 0 Å². The molecule has 0 radical (unpaired) electrons. The van der Waals surface area contributed by atoms with Crippen molar-refractivity contribution >= 4 is 32.5 Å². The van der Waals surface area contributed by atoms with E-state index in [0.717, 1.165) is 10.9 Å². The first-order chi connectivity index (χ1) is 15.3. The maximum atomic E-state index is 13.0. The van der Waals surface area contributed by atoms with E-state index in [4.69, 9.17) is 21.1 Å². The minimum absolute atomic E-state index is 0.0577. The van der Waals surface area contributed by atoms with Gasteiger partial charge in [-0.05, 0) is 55.6 Å². The van der Waals surface area contributed by atoms with Crippen LogP contribution < -0.4 is 14.2 Å². The number of hydrogen-bond donors (Lipinski definition) is 2. The fourth-order valence-corrected chi connectivity index (χ4v) is 5.03. The van der Waals surface area contributed by atoms with E-state index in [1.54, 1.807) is 17.6 Å². The van der Waals surface area contributed by atoms with Crippen LogP contribution in [0.3, 0.4) is 0 Å². The van der Waals surface area contributed by atoms with Crippen molar-refractivity contribution < 1.29 is 17.9 Å². The summed E-state index contributed by atoms with van der Waals surface area (Å²) < 4.78 is 41.4. The first-order valence-electron chi connectivity index (χ1n) is 9.86. The van der Waals surface area contributed by atoms with E-state index in [2.05, 4.69) is 19.9 Å². The molecule has 0 aliphatic rings. The van der Waals surface area contributed by atoms with Crippen molar-refractivity contribution in [3.05, 3.63) is 59.5 Å². The Bertz CT molecular complexity index is 1370. The first kappa shape index (κ1) is 22.1. The highest BCUT2D eigenvalue weighted by molar-refractivity contribution is 7.89. The second-order valence-corrected chi connectivity index (χ2v) is 9.17. The number of aromatic nitrogens is 4. The summed E-state index contributed by atoms with van der Waals surface area (Å²) in [6, 6.07) is 11.6. The topological polar surface area (TPSA) is 111 Å². The standard InChI is InChI=1S/C21H22ClN5O4S/c1-4-27-20(13(2)26-32(28,29)19-11-15(22)6-8-18(19)30-3)24-25-21(27)31-16-7-5-14-9-10-23-17(14)12-16/h5-13,23,26H,4H2,1-3H3/t13-/m1/s1. The zero-order valence-electron chi connectivity index (χ0n) is 17.7. The summed E-state index contributed by atoms with van der Waals surface area (Å²) in [6.07, 6.45) is 1.85. The summed E-state index contributed by atoms with van der Waals surface area (Å²) in [5.41, 5.74) is 0.932. The van der Waals surface area contributed by atoms with Crippen molar-refractivity contribution in [1.82, 2.24) is 24.5 Å². The van der Waals surface area contributed by atoms with Gasteiger partial charge in [0.2, 0.25) is 10.0 Å². The van der Waals surface area contributed by atoms with E-state index >= 15 is 0 Å². The van der Waals surface area contributed by atoms with Gasteiger partial charge in [-0.3, -0.25) is 4.57 Å². The Labute approximate surface area is 190 Å². The predicted octanol–water partition coefficient (Wildman–Crippen LogP) is 4.27. The van der Waals surface area contributed by atoms with Crippen LogP contribution in [0.2, 0.25) is 5.02 Å². The second-order valence-electron chi connectivity index (χ2n) is 7.05. The molecule has 1 atom stereocenters. The molecule has 9 nitrogen and oxygen atoms in total. The number of fused-ring (bicyclic) bond motifs is 1. The number of halogens is 1. The van der Waals surface area contributed by atoms with Gasteiger partial charge in [0.05, 0.1) is 13.2 Å². The summed E-state index contributed by atoms with van der Waals surface area (Å²) >= 11 is 6.00. The number of benzene rings is 2. The molecule has 0 spiro atoms. The monoisotopic (exact) mass is 475 g/mol. The number of aromatic amines is 1. The quantitative estimate of drug-likeness (QED) is 0.393. The molecule has 0 bridgehead atoms. The average Bonchev–Trinajstić information content (AvgIpc) is 3.39. The Morgan fingerprint density at radius 2 is 2.00 bits per heavy atom. The van der Waals surface area contributed by atoms with Crippen LogP contribution in [0.1, 0.15) is 25.7 Å². The van der Waals surface area contributed by atoms with Crippen molar-refractivity contribution in [3.63, 3.8) is 0 Å². The van der Waals surface area contributed by atoms with E-state index in [9.17, 15) is 8.42 Å². The first-order valence-corrected chi connectivity index (χ1v) is 11.7. The van der Waals surface area contributed by atoms with E-state index in [0.29, 0.717) is 18.1 Å². The molecule has 168 valence electrons. The van der Waals surface area contributed by atoms with Crippen LogP contribution in [0.4, 0.5) is 0 Å². The van der Waals surface area contributed by atoms with Crippen LogP contribution in [0, 0.1) is 0 Å². The number of hydrogen-bond acceptors (Lipinski definition) is 6. The van der Waals surface area contributed by atoms with Crippen LogP contribution in [0.15, 0.2) is 53.6 Å². The molecule has 4 rings (SSSR count). The lowest BCUT2D eigenvalue weighted by Gasteiger charge is -2.16. The normalized spacial score (nSPS) is 12.8. The third-order valence-corrected chi connectivity index (χ3v) is 6.73. The fraction of sp³-hybridized carbons (Fsp3) is 0.238. The third kappa shape index (κ3) is 4.29. The van der Waals surface area contributed by atoms with Crippen molar-refractivity contribution in [3.8, 4) is 17.5 Å². The molecule has 2 aromatic carbocycles. The maximum absolute atomic E-state index is 13.0. The molecule has 2 N–H and O–H groups in total. The zero-order chi connectivity index (χ0) is 22.9. The number of ether oxygens (including phenoxy) is 2. The highest BCUT2D eigenvalue weighted by atomic mass is 35.5. The van der Waals surface area contributed by atoms with E-state index in [1.165, 1.54) is 19.2 Å². The molecule has 2 aromatic heterocycles. The van der Waals surface area contributed by atoms with Gasteiger partial charge in [0.15, 0.2) is 5.82 Å². The molecular formula is C21H22ClN5O4S. The number of H-pyrrole nitrogens is 1. The van der Waals surface area contributed by atoms with Crippen LogP contribution in [-0.2, 0) is 16.6 Å². The number of nitrogens with zero attached hydrogens (tertiary/aromatic N) is 3. The van der Waals surface area contributed by atoms with Crippen LogP contribution in [0.5, 0.6) is 17.5 Å². The Kier molecular flexibility index (Phi) is 6.09. The highest BCUT2D eigenvalue weighted by Crippen LogP contribution is 2.29. The third-order valence-electron chi connectivity index (χ3n) is 4.93. The molecule has 0 unspecified atom stereocenters. The van der Waals surface area contributed by atoms with Gasteiger partial charge >= 0.3 is 6.01 Å². The van der Waals surface area contributed by atoms with E-state index in [-0.39, 0.29) is 21.7 Å². The molecule has 11 heteroatoms. The van der Waals surface area contributed by atoms with Gasteiger partial charge in [-0.1, -0.05) is 16.7 Å². The Morgan fingerprint density at radius 3 is 2.75 bits per heavy atom. The van der Waals surface area contributed by atoms with Crippen molar-refractivity contribution in [2.75, 3.05) is 7.11 Å². The number of methoxy groups -OCH3 is 1. The van der Waals surface area contributed by atoms with E-state index in [1.807, 2.05) is 37.4 Å². The van der Waals surface area contributed by atoms with E-state index < -0.39 is 16.1 Å². The molecule has 0 aliphatic heterocycles. The lowest BCUT2D eigenvalue weighted by molar-refractivity contribution is 0.401. The lowest BCUT2D eigenvalue weighted by atomic mass is 10.2. The average molecular weight is 476 g/mol. The minimum Gasteiger partial charge on any atom is -0.495 e. The van der Waals surface area contributed by atoms with Crippen LogP contribution in [0.25, 0.3) is 10.9 Å². The summed E-state index contributed by atoms with van der Waals surface area (Å²) in [4.78, 5) is 3.08. The SMILES string of the molecule is CCn1c(Oc2ccc3cc[nH]c3c2)nnc1[C@@H](C)NS(=O)(=O)c1cc(Cl)ccc1OC. The van der Waals surface area contributed by atoms with Crippen LogP contribution in [-0.4, -0.2) is 35.3 Å². The van der Waals surface area contributed by atoms with Gasteiger partial charge in [0, 0.05) is 29.3 Å². The predicted molar refractivity (Wildman–Crippen MR) is 121 cm³/mol. The van der Waals surface area contributed by atoms with Gasteiger partial charge in [-0.25, -0.2) is 13.1 Å². The van der Waals surface area contributed by atoms with Gasteiger partial charge in [0.1, 0.15) is 16.4 Å². The summed E-state index contributed by atoms with van der Waals surface area (Å²) in [5, 5.41) is 9.64. The van der Waals surface area contributed by atoms with Gasteiger partial charge < -0.3 is 14.5 Å². The second kappa shape index (κ2) is 8.81. The molecule has 0 aliphatic carbocycles. The largest absolute Gasteiger partial charge is 0.495 e. The Morgan fingerprint density at radius 1 is 1.19 bits per heavy atom. The molecule has 32 heavy (non-hydrogen) atoms. The lowest BCUT2D eigenvalue weighted by Crippen LogP contribution is -2.29. The zero-order valence-corrected chi connectivity index (χ0v) is 19.2. The van der Waals surface area contributed by atoms with Crippen molar-refractivity contribution in [2.24, 2.45) is 0 Å². The Balaban J connectivity index is 1.60. The number of sulfonamides is 1. The van der Waals surface area contributed by atoms with Crippen molar-refractivity contribution in [1.29, 1.82) is 0 Å². The Hall–Kier alpha value is -3.08. The summed E-state index contributed by atoms with van der Waals surface area (Å²) in [5.74, 6) is 1.19. The fourth-order valence-electron chi connectivity index (χ4n) is 3.40. The summed E-state index contributed by atoms with van der Waals surface area (Å²) in [7, 11) is -2.55. The summed E-state index contributed by atoms with van der Waals surface area (Å²) in [6.45, 7) is 4.06.